The molecule has 4 heteroatoms. The van der Waals surface area contributed by atoms with E-state index in [1.807, 2.05) is 25.1 Å². The summed E-state index contributed by atoms with van der Waals surface area (Å²) in [4.78, 5) is 12.8. The quantitative estimate of drug-likeness (QED) is 0.857. The summed E-state index contributed by atoms with van der Waals surface area (Å²) in [7, 11) is 3.93. The highest BCUT2D eigenvalue weighted by Crippen LogP contribution is 2.21. The van der Waals surface area contributed by atoms with Crippen molar-refractivity contribution in [3.8, 4) is 0 Å². The first-order valence-electron chi connectivity index (χ1n) is 4.67. The molecule has 0 fully saturated rings. The maximum atomic E-state index is 10.8. The fourth-order valence-electron chi connectivity index (χ4n) is 1.28. The van der Waals surface area contributed by atoms with Gasteiger partial charge >= 0.3 is 5.97 Å². The molecule has 0 heterocycles. The molecule has 82 valence electrons. The van der Waals surface area contributed by atoms with Crippen molar-refractivity contribution >= 4 is 17.6 Å². The number of benzene rings is 1. The Hall–Kier alpha value is -1.06. The van der Waals surface area contributed by atoms with Gasteiger partial charge in [0.1, 0.15) is 0 Å². The molecule has 0 spiro atoms. The number of aromatic carboxylic acids is 1. The molecule has 1 aromatic carbocycles. The monoisotopic (exact) mass is 227 g/mol. The molecule has 3 nitrogen and oxygen atoms in total. The Labute approximate surface area is 94.3 Å². The first-order valence-corrected chi connectivity index (χ1v) is 5.05. The van der Waals surface area contributed by atoms with Crippen LogP contribution >= 0.6 is 11.6 Å². The lowest BCUT2D eigenvalue weighted by Gasteiger charge is -2.11. The molecule has 1 rings (SSSR count). The van der Waals surface area contributed by atoms with Crippen molar-refractivity contribution in [3.63, 3.8) is 0 Å². The Bertz CT molecular complexity index is 364. The highest BCUT2D eigenvalue weighted by Gasteiger charge is 2.11. The zero-order chi connectivity index (χ0) is 11.4. The van der Waals surface area contributed by atoms with Crippen molar-refractivity contribution < 1.29 is 9.90 Å². The van der Waals surface area contributed by atoms with Crippen LogP contribution in [0.4, 0.5) is 0 Å². The van der Waals surface area contributed by atoms with Crippen LogP contribution < -0.4 is 0 Å². The second kappa shape index (κ2) is 5.14. The first kappa shape index (κ1) is 12.0. The minimum Gasteiger partial charge on any atom is -0.478 e. The highest BCUT2D eigenvalue weighted by atomic mass is 35.5. The third-order valence-corrected chi connectivity index (χ3v) is 2.58. The Morgan fingerprint density at radius 2 is 2.13 bits per heavy atom. The number of carbonyl (C=O) groups is 1. The molecule has 0 radical (unpaired) electrons. The van der Waals surface area contributed by atoms with Crippen molar-refractivity contribution in [2.24, 2.45) is 0 Å². The van der Waals surface area contributed by atoms with Gasteiger partial charge in [-0.05, 0) is 32.1 Å². The van der Waals surface area contributed by atoms with E-state index in [9.17, 15) is 4.79 Å². The molecule has 0 aromatic heterocycles. The smallest absolute Gasteiger partial charge is 0.337 e. The maximum absolute atomic E-state index is 10.8. The van der Waals surface area contributed by atoms with Gasteiger partial charge in [-0.15, -0.1) is 0 Å². The molecule has 0 atom stereocenters. The number of carboxylic acid groups (broad SMARTS) is 1. The van der Waals surface area contributed by atoms with E-state index in [4.69, 9.17) is 16.7 Å². The molecular formula is C11H14ClNO2. The molecule has 0 amide bonds. The van der Waals surface area contributed by atoms with Crippen LogP contribution in [0, 0.1) is 0 Å². The SMILES string of the molecule is CN(C)CCc1cccc(C(=O)O)c1Cl. The summed E-state index contributed by atoms with van der Waals surface area (Å²) in [6.07, 6.45) is 0.757. The van der Waals surface area contributed by atoms with Gasteiger partial charge in [-0.2, -0.15) is 0 Å². The fraction of sp³-hybridized carbons (Fsp3) is 0.364. The molecular weight excluding hydrogens is 214 g/mol. The topological polar surface area (TPSA) is 40.5 Å². The molecule has 15 heavy (non-hydrogen) atoms. The molecule has 0 saturated heterocycles. The lowest BCUT2D eigenvalue weighted by atomic mass is 10.1. The maximum Gasteiger partial charge on any atom is 0.337 e. The standard InChI is InChI=1S/C11H14ClNO2/c1-13(2)7-6-8-4-3-5-9(10(8)12)11(14)15/h3-5H,6-7H2,1-2H3,(H,14,15). The van der Waals surface area contributed by atoms with Crippen molar-refractivity contribution in [1.82, 2.24) is 4.90 Å². The molecule has 0 aliphatic carbocycles. The van der Waals surface area contributed by atoms with E-state index < -0.39 is 5.97 Å². The van der Waals surface area contributed by atoms with E-state index in [-0.39, 0.29) is 5.56 Å². The number of halogens is 1. The summed E-state index contributed by atoms with van der Waals surface area (Å²) in [5, 5.41) is 9.23. The van der Waals surface area contributed by atoms with E-state index in [0.717, 1.165) is 18.5 Å². The summed E-state index contributed by atoms with van der Waals surface area (Å²) in [6, 6.07) is 5.10. The molecule has 1 N–H and O–H groups in total. The van der Waals surface area contributed by atoms with Gasteiger partial charge in [0.15, 0.2) is 0 Å². The third-order valence-electron chi connectivity index (χ3n) is 2.14. The van der Waals surface area contributed by atoms with Crippen LogP contribution in [0.1, 0.15) is 15.9 Å². The van der Waals surface area contributed by atoms with Gasteiger partial charge < -0.3 is 10.0 Å². The van der Waals surface area contributed by atoms with Gasteiger partial charge in [0.2, 0.25) is 0 Å². The van der Waals surface area contributed by atoms with Crippen LogP contribution in [0.25, 0.3) is 0 Å². The second-order valence-electron chi connectivity index (χ2n) is 3.64. The van der Waals surface area contributed by atoms with Crippen molar-refractivity contribution in [3.05, 3.63) is 34.3 Å². The molecule has 0 aliphatic heterocycles. The number of hydrogen-bond acceptors (Lipinski definition) is 2. The van der Waals surface area contributed by atoms with Gasteiger partial charge in [0, 0.05) is 6.54 Å². The van der Waals surface area contributed by atoms with Gasteiger partial charge in [0.25, 0.3) is 0 Å². The summed E-state index contributed by atoms with van der Waals surface area (Å²) >= 11 is 5.99. The summed E-state index contributed by atoms with van der Waals surface area (Å²) in [6.45, 7) is 0.850. The molecule has 0 aliphatic rings. The van der Waals surface area contributed by atoms with Gasteiger partial charge in [-0.3, -0.25) is 0 Å². The zero-order valence-corrected chi connectivity index (χ0v) is 9.58. The normalized spacial score (nSPS) is 10.7. The number of hydrogen-bond donors (Lipinski definition) is 1. The minimum atomic E-state index is -0.980. The summed E-state index contributed by atoms with van der Waals surface area (Å²) in [5.74, 6) is -0.980. The lowest BCUT2D eigenvalue weighted by molar-refractivity contribution is 0.0697. The van der Waals surface area contributed by atoms with Crippen LogP contribution in [0.2, 0.25) is 5.02 Å². The molecule has 1 aromatic rings. The zero-order valence-electron chi connectivity index (χ0n) is 8.83. The molecule has 0 unspecified atom stereocenters. The largest absolute Gasteiger partial charge is 0.478 e. The Kier molecular flexibility index (Phi) is 4.12. The van der Waals surface area contributed by atoms with E-state index in [0.29, 0.717) is 5.02 Å². The first-order chi connectivity index (χ1) is 7.02. The molecule has 0 bridgehead atoms. The van der Waals surface area contributed by atoms with Crippen LogP contribution in [-0.4, -0.2) is 36.6 Å². The van der Waals surface area contributed by atoms with Crippen molar-refractivity contribution in [2.75, 3.05) is 20.6 Å². The number of carboxylic acids is 1. The lowest BCUT2D eigenvalue weighted by Crippen LogP contribution is -2.15. The summed E-state index contributed by atoms with van der Waals surface area (Å²) in [5.41, 5.74) is 1.05. The number of nitrogens with zero attached hydrogens (tertiary/aromatic N) is 1. The number of rotatable bonds is 4. The van der Waals surface area contributed by atoms with Gasteiger partial charge in [0.05, 0.1) is 10.6 Å². The van der Waals surface area contributed by atoms with Crippen LogP contribution in [0.15, 0.2) is 18.2 Å². The minimum absolute atomic E-state index is 0.174. The van der Waals surface area contributed by atoms with Gasteiger partial charge in [-0.25, -0.2) is 4.79 Å². The van der Waals surface area contributed by atoms with Crippen molar-refractivity contribution in [2.45, 2.75) is 6.42 Å². The number of likely N-dealkylation sites (N-methyl/N-ethyl adjacent to an activating group) is 1. The van der Waals surface area contributed by atoms with Crippen LogP contribution in [0.5, 0.6) is 0 Å². The highest BCUT2D eigenvalue weighted by molar-refractivity contribution is 6.34. The van der Waals surface area contributed by atoms with E-state index >= 15 is 0 Å². The molecule has 0 saturated carbocycles. The average molecular weight is 228 g/mol. The van der Waals surface area contributed by atoms with Crippen LogP contribution in [-0.2, 0) is 6.42 Å². The Balaban J connectivity index is 2.89. The van der Waals surface area contributed by atoms with E-state index in [2.05, 4.69) is 0 Å². The average Bonchev–Trinajstić information content (AvgIpc) is 2.15. The fourth-order valence-corrected chi connectivity index (χ4v) is 1.58. The predicted molar refractivity (Wildman–Crippen MR) is 60.7 cm³/mol. The van der Waals surface area contributed by atoms with Crippen molar-refractivity contribution in [1.29, 1.82) is 0 Å². The second-order valence-corrected chi connectivity index (χ2v) is 4.02. The summed E-state index contributed by atoms with van der Waals surface area (Å²) < 4.78 is 0. The third kappa shape index (κ3) is 3.22. The van der Waals surface area contributed by atoms with E-state index in [1.165, 1.54) is 6.07 Å². The Morgan fingerprint density at radius 3 is 2.67 bits per heavy atom. The predicted octanol–water partition coefficient (Wildman–Crippen LogP) is 2.14. The van der Waals surface area contributed by atoms with Crippen LogP contribution in [0.3, 0.4) is 0 Å². The Morgan fingerprint density at radius 1 is 1.47 bits per heavy atom. The van der Waals surface area contributed by atoms with E-state index in [1.54, 1.807) is 6.07 Å². The van der Waals surface area contributed by atoms with Gasteiger partial charge in [-0.1, -0.05) is 23.7 Å².